The van der Waals surface area contributed by atoms with Gasteiger partial charge in [0, 0.05) is 12.6 Å². The summed E-state index contributed by atoms with van der Waals surface area (Å²) in [5.41, 5.74) is 1.27. The van der Waals surface area contributed by atoms with Crippen LogP contribution in [0, 0.1) is 0 Å². The van der Waals surface area contributed by atoms with E-state index >= 15 is 0 Å². The van der Waals surface area contributed by atoms with Crippen LogP contribution in [0.15, 0.2) is 24.3 Å². The lowest BCUT2D eigenvalue weighted by atomic mass is 9.87. The van der Waals surface area contributed by atoms with Crippen molar-refractivity contribution < 1.29 is 17.9 Å². The molecule has 2 rings (SSSR count). The summed E-state index contributed by atoms with van der Waals surface area (Å²) in [6.07, 6.45) is 0.516. The highest BCUT2D eigenvalue weighted by molar-refractivity contribution is 7.91. The minimum absolute atomic E-state index is 0.0624. The second-order valence-corrected chi connectivity index (χ2v) is 9.53. The monoisotopic (exact) mass is 353 g/mol. The van der Waals surface area contributed by atoms with Gasteiger partial charge in [0.2, 0.25) is 0 Å². The molecule has 0 unspecified atom stereocenters. The molecular formula is C18H27NO4S. The maximum absolute atomic E-state index is 12.4. The number of likely N-dealkylation sites (N-methyl/N-ethyl adjacent to an activating group) is 1. The van der Waals surface area contributed by atoms with Crippen molar-refractivity contribution in [1.82, 2.24) is 4.90 Å². The SMILES string of the molecule is CCN(C(=O)COc1ccc(C(C)(C)C)cc1)[C@@H]1CCS(=O)(=O)C1. The average Bonchev–Trinajstić information content (AvgIpc) is 2.85. The fourth-order valence-corrected chi connectivity index (χ4v) is 4.67. The van der Waals surface area contributed by atoms with E-state index < -0.39 is 9.84 Å². The number of ether oxygens (including phenoxy) is 1. The van der Waals surface area contributed by atoms with Gasteiger partial charge in [-0.25, -0.2) is 8.42 Å². The van der Waals surface area contributed by atoms with Gasteiger partial charge in [0.05, 0.1) is 11.5 Å². The molecule has 6 heteroatoms. The van der Waals surface area contributed by atoms with E-state index in [1.165, 1.54) is 5.56 Å². The lowest BCUT2D eigenvalue weighted by molar-refractivity contribution is -0.135. The van der Waals surface area contributed by atoms with Crippen LogP contribution in [0.2, 0.25) is 0 Å². The van der Waals surface area contributed by atoms with Crippen molar-refractivity contribution in [1.29, 1.82) is 0 Å². The average molecular weight is 353 g/mol. The Morgan fingerprint density at radius 3 is 2.33 bits per heavy atom. The Kier molecular flexibility index (Phi) is 5.58. The van der Waals surface area contributed by atoms with Crippen molar-refractivity contribution >= 4 is 15.7 Å². The van der Waals surface area contributed by atoms with Crippen molar-refractivity contribution in [3.8, 4) is 5.75 Å². The third kappa shape index (κ3) is 4.72. The Morgan fingerprint density at radius 1 is 1.25 bits per heavy atom. The number of hydrogen-bond acceptors (Lipinski definition) is 4. The number of carbonyl (C=O) groups excluding carboxylic acids is 1. The highest BCUT2D eigenvalue weighted by Crippen LogP contribution is 2.24. The molecule has 1 heterocycles. The standard InChI is InChI=1S/C18H27NO4S/c1-5-19(15-10-11-24(21,22)13-15)17(20)12-23-16-8-6-14(7-9-16)18(2,3)4/h6-9,15H,5,10-13H2,1-4H3/t15-/m1/s1. The van der Waals surface area contributed by atoms with Crippen LogP contribution in [0.3, 0.4) is 0 Å². The minimum Gasteiger partial charge on any atom is -0.484 e. The summed E-state index contributed by atoms with van der Waals surface area (Å²) in [5.74, 6) is 0.703. The third-order valence-corrected chi connectivity index (χ3v) is 6.14. The van der Waals surface area contributed by atoms with E-state index in [4.69, 9.17) is 4.74 Å². The summed E-state index contributed by atoms with van der Waals surface area (Å²) < 4.78 is 28.8. The Bertz CT molecular complexity index is 674. The number of benzene rings is 1. The molecule has 1 aromatic carbocycles. The van der Waals surface area contributed by atoms with Crippen molar-refractivity contribution in [2.45, 2.75) is 45.6 Å². The number of rotatable bonds is 5. The van der Waals surface area contributed by atoms with Crippen LogP contribution in [0.4, 0.5) is 0 Å². The molecule has 1 aromatic rings. The molecule has 1 amide bonds. The minimum atomic E-state index is -3.00. The van der Waals surface area contributed by atoms with Crippen LogP contribution in [0.25, 0.3) is 0 Å². The molecule has 1 atom stereocenters. The molecule has 0 aliphatic carbocycles. The first kappa shape index (κ1) is 18.8. The summed E-state index contributed by atoms with van der Waals surface area (Å²) in [6.45, 7) is 8.70. The Balaban J connectivity index is 1.94. The molecule has 0 radical (unpaired) electrons. The van der Waals surface area contributed by atoms with E-state index in [1.807, 2.05) is 31.2 Å². The van der Waals surface area contributed by atoms with Crippen LogP contribution < -0.4 is 4.74 Å². The van der Waals surface area contributed by atoms with Gasteiger partial charge in [0.1, 0.15) is 5.75 Å². The number of sulfone groups is 1. The first-order valence-electron chi connectivity index (χ1n) is 8.35. The van der Waals surface area contributed by atoms with Crippen molar-refractivity contribution in [2.75, 3.05) is 24.7 Å². The predicted molar refractivity (Wildman–Crippen MR) is 95.1 cm³/mol. The molecule has 1 fully saturated rings. The molecule has 0 spiro atoms. The molecule has 0 N–H and O–H groups in total. The first-order valence-corrected chi connectivity index (χ1v) is 10.2. The lowest BCUT2D eigenvalue weighted by Crippen LogP contribution is -2.43. The maximum atomic E-state index is 12.4. The van der Waals surface area contributed by atoms with Crippen LogP contribution in [0.5, 0.6) is 5.75 Å². The highest BCUT2D eigenvalue weighted by atomic mass is 32.2. The smallest absolute Gasteiger partial charge is 0.260 e. The van der Waals surface area contributed by atoms with Gasteiger partial charge in [-0.05, 0) is 36.5 Å². The van der Waals surface area contributed by atoms with Crippen molar-refractivity contribution in [3.05, 3.63) is 29.8 Å². The fraction of sp³-hybridized carbons (Fsp3) is 0.611. The molecule has 134 valence electrons. The van der Waals surface area contributed by atoms with Gasteiger partial charge >= 0.3 is 0 Å². The molecule has 1 aliphatic heterocycles. The zero-order valence-corrected chi connectivity index (χ0v) is 15.7. The lowest BCUT2D eigenvalue weighted by Gasteiger charge is -2.26. The fourth-order valence-electron chi connectivity index (χ4n) is 2.94. The van der Waals surface area contributed by atoms with Crippen LogP contribution in [-0.4, -0.2) is 49.9 Å². The zero-order chi connectivity index (χ0) is 18.0. The summed E-state index contributed by atoms with van der Waals surface area (Å²) in [4.78, 5) is 14.0. The van der Waals surface area contributed by atoms with Crippen LogP contribution in [-0.2, 0) is 20.0 Å². The topological polar surface area (TPSA) is 63.7 Å². The first-order chi connectivity index (χ1) is 11.1. The van der Waals surface area contributed by atoms with E-state index in [9.17, 15) is 13.2 Å². The van der Waals surface area contributed by atoms with E-state index in [-0.39, 0.29) is 35.5 Å². The van der Waals surface area contributed by atoms with Gasteiger partial charge in [-0.1, -0.05) is 32.9 Å². The predicted octanol–water partition coefficient (Wildman–Crippen LogP) is 2.40. The third-order valence-electron chi connectivity index (χ3n) is 4.39. The van der Waals surface area contributed by atoms with Crippen LogP contribution in [0.1, 0.15) is 39.7 Å². The van der Waals surface area contributed by atoms with E-state index in [2.05, 4.69) is 20.8 Å². The summed E-state index contributed by atoms with van der Waals surface area (Å²) in [5, 5.41) is 0. The second-order valence-electron chi connectivity index (χ2n) is 7.30. The Labute approximate surface area is 144 Å². The van der Waals surface area contributed by atoms with Gasteiger partial charge in [-0.2, -0.15) is 0 Å². The van der Waals surface area contributed by atoms with Gasteiger partial charge in [0.15, 0.2) is 16.4 Å². The summed E-state index contributed by atoms with van der Waals surface area (Å²) in [7, 11) is -3.00. The normalized spacial score (nSPS) is 19.9. The maximum Gasteiger partial charge on any atom is 0.260 e. The van der Waals surface area contributed by atoms with Gasteiger partial charge in [-0.15, -0.1) is 0 Å². The largest absolute Gasteiger partial charge is 0.484 e. The van der Waals surface area contributed by atoms with E-state index in [1.54, 1.807) is 4.90 Å². The number of nitrogens with zero attached hydrogens (tertiary/aromatic N) is 1. The molecule has 1 aliphatic rings. The van der Waals surface area contributed by atoms with Gasteiger partial charge in [-0.3, -0.25) is 4.79 Å². The van der Waals surface area contributed by atoms with E-state index in [0.717, 1.165) is 0 Å². The number of hydrogen-bond donors (Lipinski definition) is 0. The van der Waals surface area contributed by atoms with Crippen molar-refractivity contribution in [3.63, 3.8) is 0 Å². The molecule has 1 saturated heterocycles. The van der Waals surface area contributed by atoms with Gasteiger partial charge < -0.3 is 9.64 Å². The highest BCUT2D eigenvalue weighted by Gasteiger charge is 2.33. The van der Waals surface area contributed by atoms with Gasteiger partial charge in [0.25, 0.3) is 5.91 Å². The summed E-state index contributed by atoms with van der Waals surface area (Å²) >= 11 is 0. The molecule has 0 aromatic heterocycles. The molecule has 0 saturated carbocycles. The quantitative estimate of drug-likeness (QED) is 0.815. The molecular weight excluding hydrogens is 326 g/mol. The number of amides is 1. The number of carbonyl (C=O) groups is 1. The molecule has 0 bridgehead atoms. The van der Waals surface area contributed by atoms with E-state index in [0.29, 0.717) is 18.7 Å². The molecule has 5 nitrogen and oxygen atoms in total. The van der Waals surface area contributed by atoms with Crippen molar-refractivity contribution in [2.24, 2.45) is 0 Å². The second kappa shape index (κ2) is 7.13. The summed E-state index contributed by atoms with van der Waals surface area (Å²) in [6, 6.07) is 7.51. The Hall–Kier alpha value is -1.56. The van der Waals surface area contributed by atoms with Crippen LogP contribution >= 0.6 is 0 Å². The zero-order valence-electron chi connectivity index (χ0n) is 14.9. The molecule has 24 heavy (non-hydrogen) atoms. The Morgan fingerprint density at radius 2 is 1.88 bits per heavy atom.